The van der Waals surface area contributed by atoms with Gasteiger partial charge in [-0.05, 0) is 12.6 Å². The molecule has 1 unspecified atom stereocenters. The molecule has 0 aliphatic rings. The Hall–Kier alpha value is -1.31. The Morgan fingerprint density at radius 2 is 1.58 bits per heavy atom. The van der Waals surface area contributed by atoms with E-state index in [2.05, 4.69) is 0 Å². The zero-order valence-electron chi connectivity index (χ0n) is 9.66. The third-order valence-electron chi connectivity index (χ3n) is 2.43. The van der Waals surface area contributed by atoms with Crippen LogP contribution >= 0.6 is 0 Å². The van der Waals surface area contributed by atoms with Gasteiger partial charge in [0.05, 0.1) is 0 Å². The summed E-state index contributed by atoms with van der Waals surface area (Å²) in [7, 11) is 0. The van der Waals surface area contributed by atoms with Crippen molar-refractivity contribution in [3.63, 3.8) is 0 Å². The number of benzene rings is 1. The van der Waals surface area contributed by atoms with E-state index in [1.165, 1.54) is 6.92 Å². The van der Waals surface area contributed by atoms with Crippen LogP contribution in [0.15, 0.2) is 12.1 Å². The minimum absolute atomic E-state index is 0.0383. The number of nitrogens with one attached hydrogen (secondary N) is 1. The lowest BCUT2D eigenvalue weighted by Gasteiger charge is -2.27. The quantitative estimate of drug-likeness (QED) is 0.644. The van der Waals surface area contributed by atoms with E-state index in [0.717, 1.165) is 0 Å². The molecule has 0 spiro atoms. The Morgan fingerprint density at radius 1 is 1.05 bits per heavy atom. The van der Waals surface area contributed by atoms with Crippen molar-refractivity contribution in [1.82, 2.24) is 5.32 Å². The van der Waals surface area contributed by atoms with Crippen LogP contribution in [-0.2, 0) is 0 Å². The molecule has 108 valence electrons. The Bertz CT molecular complexity index is 447. The van der Waals surface area contributed by atoms with Crippen LogP contribution in [0.1, 0.15) is 18.5 Å². The van der Waals surface area contributed by atoms with Crippen molar-refractivity contribution in [2.24, 2.45) is 0 Å². The Labute approximate surface area is 104 Å². The van der Waals surface area contributed by atoms with Gasteiger partial charge in [0.25, 0.3) is 0 Å². The van der Waals surface area contributed by atoms with Gasteiger partial charge in [0, 0.05) is 11.6 Å². The lowest BCUT2D eigenvalue weighted by molar-refractivity contribution is -0.151. The van der Waals surface area contributed by atoms with Gasteiger partial charge in [0.2, 0.25) is 0 Å². The van der Waals surface area contributed by atoms with Crippen molar-refractivity contribution in [2.45, 2.75) is 25.3 Å². The average molecular weight is 289 g/mol. The largest absolute Gasteiger partial charge is 0.326 e. The van der Waals surface area contributed by atoms with Crippen molar-refractivity contribution in [3.8, 4) is 0 Å². The SMILES string of the molecule is CCNC(c1cc(F)c(F)cc1F)C(F)(F)C(F)F. The number of hydrogen-bond acceptors (Lipinski definition) is 1. The highest BCUT2D eigenvalue weighted by molar-refractivity contribution is 5.25. The van der Waals surface area contributed by atoms with Crippen molar-refractivity contribution in [2.75, 3.05) is 6.54 Å². The summed E-state index contributed by atoms with van der Waals surface area (Å²) in [6.45, 7) is 1.14. The van der Waals surface area contributed by atoms with Gasteiger partial charge < -0.3 is 5.32 Å². The smallest absolute Gasteiger partial charge is 0.305 e. The molecule has 0 bridgehead atoms. The third kappa shape index (κ3) is 3.17. The fourth-order valence-electron chi connectivity index (χ4n) is 1.54. The van der Waals surface area contributed by atoms with E-state index in [1.54, 1.807) is 0 Å². The van der Waals surface area contributed by atoms with Gasteiger partial charge in [-0.15, -0.1) is 0 Å². The van der Waals surface area contributed by atoms with Crippen LogP contribution in [-0.4, -0.2) is 18.9 Å². The van der Waals surface area contributed by atoms with E-state index in [1.807, 2.05) is 5.32 Å². The van der Waals surface area contributed by atoms with Crippen LogP contribution in [0.3, 0.4) is 0 Å². The molecule has 1 atom stereocenters. The molecule has 1 aromatic carbocycles. The van der Waals surface area contributed by atoms with E-state index >= 15 is 0 Å². The topological polar surface area (TPSA) is 12.0 Å². The van der Waals surface area contributed by atoms with Crippen LogP contribution in [0.5, 0.6) is 0 Å². The first kappa shape index (κ1) is 15.7. The Morgan fingerprint density at radius 3 is 2.05 bits per heavy atom. The molecule has 1 N–H and O–H groups in total. The van der Waals surface area contributed by atoms with Crippen LogP contribution in [0.4, 0.5) is 30.7 Å². The van der Waals surface area contributed by atoms with Gasteiger partial charge in [-0.3, -0.25) is 0 Å². The van der Waals surface area contributed by atoms with Gasteiger partial charge in [-0.25, -0.2) is 22.0 Å². The molecule has 19 heavy (non-hydrogen) atoms. The fraction of sp³-hybridized carbons (Fsp3) is 0.455. The van der Waals surface area contributed by atoms with Crippen molar-refractivity contribution in [1.29, 1.82) is 0 Å². The molecule has 0 radical (unpaired) electrons. The standard InChI is InChI=1S/C11H10F7N/c1-2-19-9(11(17,18)10(15)16)5-3-7(13)8(14)4-6(5)12/h3-4,9-10,19H,2H2,1H3. The predicted octanol–water partition coefficient (Wildman–Crippen LogP) is 3.65. The molecule has 0 fully saturated rings. The monoisotopic (exact) mass is 289 g/mol. The predicted molar refractivity (Wildman–Crippen MR) is 53.7 cm³/mol. The number of rotatable bonds is 5. The number of hydrogen-bond donors (Lipinski definition) is 1. The minimum atomic E-state index is -4.62. The van der Waals surface area contributed by atoms with E-state index in [9.17, 15) is 30.7 Å². The zero-order valence-corrected chi connectivity index (χ0v) is 9.66. The van der Waals surface area contributed by atoms with Crippen LogP contribution in [0.2, 0.25) is 0 Å². The van der Waals surface area contributed by atoms with Gasteiger partial charge >= 0.3 is 12.3 Å². The number of alkyl halides is 4. The normalized spacial score (nSPS) is 13.9. The molecule has 0 saturated heterocycles. The molecule has 1 nitrogen and oxygen atoms in total. The lowest BCUT2D eigenvalue weighted by atomic mass is 9.99. The number of halogens is 7. The molecule has 8 heteroatoms. The average Bonchev–Trinajstić information content (AvgIpc) is 2.31. The van der Waals surface area contributed by atoms with Gasteiger partial charge in [-0.2, -0.15) is 8.78 Å². The minimum Gasteiger partial charge on any atom is -0.305 e. The van der Waals surface area contributed by atoms with E-state index in [0.29, 0.717) is 0 Å². The van der Waals surface area contributed by atoms with E-state index in [4.69, 9.17) is 0 Å². The maximum atomic E-state index is 13.4. The third-order valence-corrected chi connectivity index (χ3v) is 2.43. The molecule has 1 rings (SSSR count). The highest BCUT2D eigenvalue weighted by atomic mass is 19.3. The summed E-state index contributed by atoms with van der Waals surface area (Å²) >= 11 is 0. The maximum Gasteiger partial charge on any atom is 0.326 e. The summed E-state index contributed by atoms with van der Waals surface area (Å²) in [5.74, 6) is -9.33. The summed E-state index contributed by atoms with van der Waals surface area (Å²) in [6.07, 6.45) is -4.08. The lowest BCUT2D eigenvalue weighted by Crippen LogP contribution is -2.43. The molecule has 0 saturated carbocycles. The molecular weight excluding hydrogens is 279 g/mol. The van der Waals surface area contributed by atoms with Crippen molar-refractivity contribution < 1.29 is 30.7 Å². The highest BCUT2D eigenvalue weighted by Crippen LogP contribution is 2.38. The van der Waals surface area contributed by atoms with Crippen molar-refractivity contribution in [3.05, 3.63) is 35.1 Å². The first-order valence-corrected chi connectivity index (χ1v) is 5.25. The summed E-state index contributed by atoms with van der Waals surface area (Å²) in [5, 5.41) is 1.95. The molecular formula is C11H10F7N. The first-order chi connectivity index (χ1) is 8.71. The van der Waals surface area contributed by atoms with Gasteiger partial charge in [0.1, 0.15) is 11.9 Å². The summed E-state index contributed by atoms with van der Waals surface area (Å²) in [4.78, 5) is 0. The first-order valence-electron chi connectivity index (χ1n) is 5.25. The molecule has 1 aromatic rings. The fourth-order valence-corrected chi connectivity index (χ4v) is 1.54. The molecule has 0 aliphatic carbocycles. The van der Waals surface area contributed by atoms with Gasteiger partial charge in [0.15, 0.2) is 11.6 Å². The second kappa shape index (κ2) is 5.77. The second-order valence-corrected chi connectivity index (χ2v) is 3.75. The summed E-state index contributed by atoms with van der Waals surface area (Å²) in [5.41, 5.74) is -1.05. The van der Waals surface area contributed by atoms with Crippen LogP contribution in [0, 0.1) is 17.5 Å². The van der Waals surface area contributed by atoms with E-state index < -0.39 is 41.4 Å². The highest BCUT2D eigenvalue weighted by Gasteiger charge is 2.50. The zero-order chi connectivity index (χ0) is 14.8. The molecule has 0 aliphatic heterocycles. The van der Waals surface area contributed by atoms with Crippen LogP contribution < -0.4 is 5.32 Å². The molecule has 0 amide bonds. The second-order valence-electron chi connectivity index (χ2n) is 3.75. The summed E-state index contributed by atoms with van der Waals surface area (Å²) < 4.78 is 90.2. The Kier molecular flexibility index (Phi) is 4.78. The molecule has 0 heterocycles. The van der Waals surface area contributed by atoms with Gasteiger partial charge in [-0.1, -0.05) is 6.92 Å². The van der Waals surface area contributed by atoms with E-state index in [-0.39, 0.29) is 18.7 Å². The van der Waals surface area contributed by atoms with Crippen molar-refractivity contribution >= 4 is 0 Å². The Balaban J connectivity index is 3.31. The molecule has 0 aromatic heterocycles. The van der Waals surface area contributed by atoms with Crippen LogP contribution in [0.25, 0.3) is 0 Å². The summed E-state index contributed by atoms with van der Waals surface area (Å²) in [6, 6.07) is -2.27. The maximum absolute atomic E-state index is 13.4.